The van der Waals surface area contributed by atoms with Crippen LogP contribution in [0.3, 0.4) is 0 Å². The summed E-state index contributed by atoms with van der Waals surface area (Å²) < 4.78 is 15.5. The van der Waals surface area contributed by atoms with E-state index in [0.717, 1.165) is 35.0 Å². The maximum atomic E-state index is 13.3. The number of unbranched alkanes of at least 4 members (excludes halogenated alkanes) is 3. The van der Waals surface area contributed by atoms with Crippen molar-refractivity contribution in [3.8, 4) is 0 Å². The van der Waals surface area contributed by atoms with Crippen molar-refractivity contribution in [2.24, 2.45) is 5.10 Å². The summed E-state index contributed by atoms with van der Waals surface area (Å²) in [4.78, 5) is 4.65. The third-order valence-electron chi connectivity index (χ3n) is 4.84. The molecule has 0 aliphatic carbocycles. The van der Waals surface area contributed by atoms with Crippen LogP contribution in [0.2, 0.25) is 0 Å². The van der Waals surface area contributed by atoms with Crippen molar-refractivity contribution in [2.75, 3.05) is 5.43 Å². The van der Waals surface area contributed by atoms with Crippen molar-refractivity contribution in [3.05, 3.63) is 59.9 Å². The molecule has 0 unspecified atom stereocenters. The van der Waals surface area contributed by atoms with Crippen molar-refractivity contribution in [1.82, 2.24) is 19.7 Å². The number of aryl methyl sites for hydroxylation is 1. The van der Waals surface area contributed by atoms with Gasteiger partial charge in [0.15, 0.2) is 5.65 Å². The van der Waals surface area contributed by atoms with Gasteiger partial charge in [-0.3, -0.25) is 0 Å². The quantitative estimate of drug-likeness (QED) is 0.257. The Morgan fingerprint density at radius 3 is 2.83 bits per heavy atom. The van der Waals surface area contributed by atoms with Crippen molar-refractivity contribution in [2.45, 2.75) is 39.2 Å². The number of fused-ring (bicyclic) bond motifs is 3. The zero-order valence-corrected chi connectivity index (χ0v) is 16.3. The molecule has 0 aliphatic heterocycles. The van der Waals surface area contributed by atoms with Gasteiger partial charge in [0.05, 0.1) is 11.7 Å². The van der Waals surface area contributed by atoms with Crippen LogP contribution in [0, 0.1) is 5.82 Å². The molecule has 0 saturated carbocycles. The highest BCUT2D eigenvalue weighted by molar-refractivity contribution is 6.04. The fraction of sp³-hybridized carbons (Fsp3) is 0.273. The van der Waals surface area contributed by atoms with Gasteiger partial charge >= 0.3 is 0 Å². The van der Waals surface area contributed by atoms with Crippen molar-refractivity contribution >= 4 is 34.2 Å². The standard InChI is InChI=1S/C22H23FN6/c1-2-3-4-7-13-29-19-12-6-5-11-18(19)20-21(29)25-22(28-26-20)27-24-15-16-9-8-10-17(23)14-16/h5-6,8-12,14-15H,2-4,7,13H2,1H3,(H,25,27,28)/b24-15+. The van der Waals surface area contributed by atoms with E-state index >= 15 is 0 Å². The number of aromatic nitrogens is 4. The summed E-state index contributed by atoms with van der Waals surface area (Å²) in [5, 5.41) is 13.7. The Morgan fingerprint density at radius 2 is 1.97 bits per heavy atom. The first-order valence-corrected chi connectivity index (χ1v) is 9.92. The van der Waals surface area contributed by atoms with E-state index in [1.165, 1.54) is 37.6 Å². The van der Waals surface area contributed by atoms with Crippen LogP contribution in [0.1, 0.15) is 38.2 Å². The average molecular weight is 390 g/mol. The van der Waals surface area contributed by atoms with Gasteiger partial charge in [0.25, 0.3) is 5.95 Å². The minimum atomic E-state index is -0.305. The van der Waals surface area contributed by atoms with E-state index in [9.17, 15) is 4.39 Å². The Balaban J connectivity index is 1.62. The second-order valence-corrected chi connectivity index (χ2v) is 6.96. The normalized spacial score (nSPS) is 11.7. The van der Waals surface area contributed by atoms with Crippen LogP contribution in [-0.2, 0) is 6.54 Å². The van der Waals surface area contributed by atoms with E-state index in [0.29, 0.717) is 11.5 Å². The van der Waals surface area contributed by atoms with Crippen LogP contribution in [0.4, 0.5) is 10.3 Å². The van der Waals surface area contributed by atoms with E-state index in [4.69, 9.17) is 0 Å². The molecular formula is C22H23FN6. The minimum absolute atomic E-state index is 0.305. The topological polar surface area (TPSA) is 68.0 Å². The number of hydrogen-bond donors (Lipinski definition) is 1. The highest BCUT2D eigenvalue weighted by atomic mass is 19.1. The fourth-order valence-corrected chi connectivity index (χ4v) is 3.43. The molecule has 7 heteroatoms. The number of benzene rings is 2. The highest BCUT2D eigenvalue weighted by Crippen LogP contribution is 2.26. The van der Waals surface area contributed by atoms with Gasteiger partial charge in [-0.1, -0.05) is 56.5 Å². The lowest BCUT2D eigenvalue weighted by Crippen LogP contribution is -2.03. The van der Waals surface area contributed by atoms with Gasteiger partial charge in [0.2, 0.25) is 0 Å². The highest BCUT2D eigenvalue weighted by Gasteiger charge is 2.14. The van der Waals surface area contributed by atoms with Crippen LogP contribution < -0.4 is 5.43 Å². The van der Waals surface area contributed by atoms with Crippen LogP contribution >= 0.6 is 0 Å². The van der Waals surface area contributed by atoms with Crippen molar-refractivity contribution in [3.63, 3.8) is 0 Å². The van der Waals surface area contributed by atoms with Crippen LogP contribution in [0.25, 0.3) is 22.1 Å². The SMILES string of the molecule is CCCCCCn1c2ccccc2c2nnc(N/N=C/c3cccc(F)c3)nc21. The van der Waals surface area contributed by atoms with Gasteiger partial charge in [-0.2, -0.15) is 10.1 Å². The predicted molar refractivity (Wildman–Crippen MR) is 115 cm³/mol. The molecular weight excluding hydrogens is 367 g/mol. The first-order chi connectivity index (χ1) is 14.3. The molecule has 0 radical (unpaired) electrons. The summed E-state index contributed by atoms with van der Waals surface area (Å²) in [7, 11) is 0. The smallest absolute Gasteiger partial charge is 0.265 e. The third kappa shape index (κ3) is 4.23. The second-order valence-electron chi connectivity index (χ2n) is 6.96. The molecule has 0 bridgehead atoms. The monoisotopic (exact) mass is 390 g/mol. The number of hydrazone groups is 1. The first kappa shape index (κ1) is 19.0. The summed E-state index contributed by atoms with van der Waals surface area (Å²) in [5.74, 6) is 0.00337. The van der Waals surface area contributed by atoms with E-state index in [-0.39, 0.29) is 5.82 Å². The van der Waals surface area contributed by atoms with Crippen LogP contribution in [0.5, 0.6) is 0 Å². The molecule has 0 spiro atoms. The molecule has 2 heterocycles. The maximum Gasteiger partial charge on any atom is 0.265 e. The molecule has 6 nitrogen and oxygen atoms in total. The number of halogens is 1. The molecule has 2 aromatic carbocycles. The Kier molecular flexibility index (Phi) is 5.74. The van der Waals surface area contributed by atoms with E-state index < -0.39 is 0 Å². The number of anilines is 1. The molecule has 0 saturated heterocycles. The first-order valence-electron chi connectivity index (χ1n) is 9.92. The number of para-hydroxylation sites is 1. The largest absolute Gasteiger partial charge is 0.324 e. The lowest BCUT2D eigenvalue weighted by molar-refractivity contribution is 0.600. The maximum absolute atomic E-state index is 13.3. The Morgan fingerprint density at radius 1 is 1.07 bits per heavy atom. The van der Waals surface area contributed by atoms with E-state index in [1.807, 2.05) is 18.2 Å². The fourth-order valence-electron chi connectivity index (χ4n) is 3.43. The molecule has 4 aromatic rings. The average Bonchev–Trinajstić information content (AvgIpc) is 3.04. The number of hydrogen-bond acceptors (Lipinski definition) is 5. The van der Waals surface area contributed by atoms with Gasteiger partial charge < -0.3 is 4.57 Å². The second kappa shape index (κ2) is 8.77. The van der Waals surface area contributed by atoms with E-state index in [2.05, 4.69) is 43.3 Å². The van der Waals surface area contributed by atoms with Gasteiger partial charge in [-0.05, 0) is 30.2 Å². The molecule has 148 valence electrons. The minimum Gasteiger partial charge on any atom is -0.324 e. The third-order valence-corrected chi connectivity index (χ3v) is 4.84. The molecule has 2 aromatic heterocycles. The molecule has 0 fully saturated rings. The number of rotatable bonds is 8. The summed E-state index contributed by atoms with van der Waals surface area (Å²) in [5.41, 5.74) is 6.14. The molecule has 4 rings (SSSR count). The van der Waals surface area contributed by atoms with Gasteiger partial charge in [0, 0.05) is 11.9 Å². The number of nitrogens with one attached hydrogen (secondary N) is 1. The Bertz CT molecular complexity index is 1150. The lowest BCUT2D eigenvalue weighted by atomic mass is 10.2. The van der Waals surface area contributed by atoms with Crippen molar-refractivity contribution in [1.29, 1.82) is 0 Å². The Labute approximate surface area is 168 Å². The molecule has 0 aliphatic rings. The summed E-state index contributed by atoms with van der Waals surface area (Å²) >= 11 is 0. The zero-order valence-electron chi connectivity index (χ0n) is 16.3. The lowest BCUT2D eigenvalue weighted by Gasteiger charge is -2.06. The predicted octanol–water partition coefficient (Wildman–Crippen LogP) is 5.14. The summed E-state index contributed by atoms with van der Waals surface area (Å²) in [6.45, 7) is 3.09. The molecule has 1 N–H and O–H groups in total. The van der Waals surface area contributed by atoms with Crippen LogP contribution in [0.15, 0.2) is 53.6 Å². The Hall–Kier alpha value is -3.35. The summed E-state index contributed by atoms with van der Waals surface area (Å²) in [6, 6.07) is 14.4. The van der Waals surface area contributed by atoms with Gasteiger partial charge in [-0.15, -0.1) is 10.2 Å². The zero-order chi connectivity index (χ0) is 20.1. The number of nitrogens with zero attached hydrogens (tertiary/aromatic N) is 5. The summed E-state index contributed by atoms with van der Waals surface area (Å²) in [6.07, 6.45) is 6.23. The van der Waals surface area contributed by atoms with Gasteiger partial charge in [0.1, 0.15) is 11.3 Å². The molecule has 0 amide bonds. The molecule has 0 atom stereocenters. The van der Waals surface area contributed by atoms with Crippen molar-refractivity contribution < 1.29 is 4.39 Å². The molecule has 29 heavy (non-hydrogen) atoms. The van der Waals surface area contributed by atoms with E-state index in [1.54, 1.807) is 12.1 Å². The van der Waals surface area contributed by atoms with Gasteiger partial charge in [-0.25, -0.2) is 9.82 Å². The van der Waals surface area contributed by atoms with Crippen LogP contribution in [-0.4, -0.2) is 26.0 Å².